The van der Waals surface area contributed by atoms with E-state index < -0.39 is 6.43 Å². The van der Waals surface area contributed by atoms with E-state index in [0.717, 1.165) is 0 Å². The number of pyridine rings is 1. The molecule has 0 unspecified atom stereocenters. The number of nitrogen functional groups attached to an aromatic ring is 1. The van der Waals surface area contributed by atoms with E-state index in [1.807, 2.05) is 0 Å². The first-order valence-corrected chi connectivity index (χ1v) is 4.13. The summed E-state index contributed by atoms with van der Waals surface area (Å²) in [5.41, 5.74) is 5.06. The van der Waals surface area contributed by atoms with Crippen LogP contribution in [0.2, 0.25) is 0 Å². The van der Waals surface area contributed by atoms with Crippen LogP contribution in [0.1, 0.15) is 12.0 Å². The van der Waals surface area contributed by atoms with E-state index in [4.69, 9.17) is 5.73 Å². The van der Waals surface area contributed by atoms with E-state index in [9.17, 15) is 8.78 Å². The predicted molar refractivity (Wildman–Crippen MR) is 47.9 cm³/mol. The number of nitrogens with two attached hydrogens (primary N) is 1. The van der Waals surface area contributed by atoms with Crippen LogP contribution in [0, 0.1) is 0 Å². The van der Waals surface area contributed by atoms with Crippen molar-refractivity contribution >= 4 is 21.7 Å². The van der Waals surface area contributed by atoms with Crippen molar-refractivity contribution in [3.8, 4) is 5.88 Å². The Morgan fingerprint density at radius 3 is 2.69 bits per heavy atom. The van der Waals surface area contributed by atoms with Crippen LogP contribution in [0.4, 0.5) is 14.6 Å². The molecule has 0 spiro atoms. The molecule has 0 saturated carbocycles. The molecule has 0 saturated heterocycles. The maximum atomic E-state index is 12.4. The number of anilines is 1. The summed E-state index contributed by atoms with van der Waals surface area (Å²) in [6.45, 7) is 0. The van der Waals surface area contributed by atoms with Gasteiger partial charge in [0.2, 0.25) is 5.88 Å². The normalized spacial score (nSPS) is 10.5. The van der Waals surface area contributed by atoms with Gasteiger partial charge in [0.1, 0.15) is 5.82 Å². The van der Waals surface area contributed by atoms with Gasteiger partial charge in [-0.3, -0.25) is 0 Å². The first-order valence-electron chi connectivity index (χ1n) is 3.34. The van der Waals surface area contributed by atoms with Gasteiger partial charge < -0.3 is 10.5 Å². The predicted octanol–water partition coefficient (Wildman–Crippen LogP) is 2.37. The third-order valence-electron chi connectivity index (χ3n) is 1.40. The molecular weight excluding hydrogens is 246 g/mol. The van der Waals surface area contributed by atoms with Crippen molar-refractivity contribution in [3.63, 3.8) is 0 Å². The lowest BCUT2D eigenvalue weighted by Crippen LogP contribution is -2.00. The zero-order valence-corrected chi connectivity index (χ0v) is 8.31. The smallest absolute Gasteiger partial charge is 0.270 e. The lowest BCUT2D eigenvalue weighted by atomic mass is 10.3. The molecule has 0 aliphatic heterocycles. The first-order chi connectivity index (χ1) is 6.06. The maximum Gasteiger partial charge on any atom is 0.270 e. The Bertz CT molecular complexity index is 320. The van der Waals surface area contributed by atoms with E-state index in [-0.39, 0.29) is 21.7 Å². The third-order valence-corrected chi connectivity index (χ3v) is 2.06. The molecule has 72 valence electrons. The maximum absolute atomic E-state index is 12.4. The Hall–Kier alpha value is -0.910. The number of aromatic nitrogens is 1. The summed E-state index contributed by atoms with van der Waals surface area (Å²) in [7, 11) is 1.26. The summed E-state index contributed by atoms with van der Waals surface area (Å²) < 4.78 is 29.7. The molecule has 1 aromatic rings. The van der Waals surface area contributed by atoms with Crippen molar-refractivity contribution < 1.29 is 13.5 Å². The summed E-state index contributed by atoms with van der Waals surface area (Å²) >= 11 is 2.96. The summed E-state index contributed by atoms with van der Waals surface area (Å²) in [6.07, 6.45) is -2.64. The number of methoxy groups -OCH3 is 1. The van der Waals surface area contributed by atoms with Crippen molar-refractivity contribution in [2.24, 2.45) is 0 Å². The fourth-order valence-corrected chi connectivity index (χ4v) is 1.45. The molecule has 0 aliphatic rings. The van der Waals surface area contributed by atoms with Gasteiger partial charge in [-0.25, -0.2) is 8.78 Å². The second kappa shape index (κ2) is 3.87. The van der Waals surface area contributed by atoms with Gasteiger partial charge in [0.05, 0.1) is 12.7 Å². The zero-order chi connectivity index (χ0) is 10.0. The van der Waals surface area contributed by atoms with Gasteiger partial charge in [-0.05, 0) is 22.0 Å². The van der Waals surface area contributed by atoms with Crippen LogP contribution >= 0.6 is 15.9 Å². The van der Waals surface area contributed by atoms with Crippen LogP contribution in [0.25, 0.3) is 0 Å². The van der Waals surface area contributed by atoms with Gasteiger partial charge in [-0.15, -0.1) is 0 Å². The Kier molecular flexibility index (Phi) is 3.02. The number of halogens is 3. The minimum absolute atomic E-state index is 0.133. The van der Waals surface area contributed by atoms with Gasteiger partial charge in [0.25, 0.3) is 6.43 Å². The summed E-state index contributed by atoms with van der Waals surface area (Å²) in [6, 6.07) is 1.31. The highest BCUT2D eigenvalue weighted by Crippen LogP contribution is 2.34. The molecule has 0 bridgehead atoms. The molecule has 0 fully saturated rings. The second-order valence-corrected chi connectivity index (χ2v) is 3.11. The van der Waals surface area contributed by atoms with Crippen LogP contribution in [0.15, 0.2) is 10.5 Å². The highest BCUT2D eigenvalue weighted by atomic mass is 79.9. The van der Waals surface area contributed by atoms with Crippen molar-refractivity contribution in [2.45, 2.75) is 6.43 Å². The molecule has 1 rings (SSSR count). The Morgan fingerprint density at radius 1 is 1.62 bits per heavy atom. The Morgan fingerprint density at radius 2 is 2.23 bits per heavy atom. The van der Waals surface area contributed by atoms with Gasteiger partial charge in [0, 0.05) is 4.47 Å². The molecule has 2 N–H and O–H groups in total. The van der Waals surface area contributed by atoms with Gasteiger partial charge in [0.15, 0.2) is 0 Å². The highest BCUT2D eigenvalue weighted by molar-refractivity contribution is 9.10. The average molecular weight is 253 g/mol. The minimum atomic E-state index is -2.64. The monoisotopic (exact) mass is 252 g/mol. The molecule has 1 aromatic heterocycles. The molecule has 1 heterocycles. The second-order valence-electron chi connectivity index (χ2n) is 2.25. The topological polar surface area (TPSA) is 48.1 Å². The molecule has 0 aromatic carbocycles. The SMILES string of the molecule is COc1nc(N)cc(Br)c1C(F)F. The summed E-state index contributed by atoms with van der Waals surface area (Å²) in [5, 5.41) is 0. The molecule has 3 nitrogen and oxygen atoms in total. The fraction of sp³-hybridized carbons (Fsp3) is 0.286. The van der Waals surface area contributed by atoms with Crippen molar-refractivity contribution in [1.29, 1.82) is 0 Å². The number of hydrogen-bond donors (Lipinski definition) is 1. The highest BCUT2D eigenvalue weighted by Gasteiger charge is 2.19. The van der Waals surface area contributed by atoms with Gasteiger partial charge >= 0.3 is 0 Å². The molecule has 0 aliphatic carbocycles. The van der Waals surface area contributed by atoms with Crippen LogP contribution < -0.4 is 10.5 Å². The van der Waals surface area contributed by atoms with Crippen molar-refractivity contribution in [2.75, 3.05) is 12.8 Å². The van der Waals surface area contributed by atoms with Crippen LogP contribution in [-0.2, 0) is 0 Å². The van der Waals surface area contributed by atoms with E-state index in [1.54, 1.807) is 0 Å². The number of ether oxygens (including phenoxy) is 1. The lowest BCUT2D eigenvalue weighted by Gasteiger charge is -2.08. The standard InChI is InChI=1S/C7H7BrF2N2O/c1-13-7-5(6(9)10)3(8)2-4(11)12-7/h2,6H,1H3,(H2,11,12). The number of nitrogens with zero attached hydrogens (tertiary/aromatic N) is 1. The molecule has 13 heavy (non-hydrogen) atoms. The van der Waals surface area contributed by atoms with Crippen LogP contribution in [-0.4, -0.2) is 12.1 Å². The number of rotatable bonds is 2. The van der Waals surface area contributed by atoms with Gasteiger partial charge in [-0.2, -0.15) is 4.98 Å². The van der Waals surface area contributed by atoms with E-state index >= 15 is 0 Å². The number of alkyl halides is 2. The Labute approximate surface area is 82.0 Å². The quantitative estimate of drug-likeness (QED) is 0.880. The lowest BCUT2D eigenvalue weighted by molar-refractivity contribution is 0.145. The fourth-order valence-electron chi connectivity index (χ4n) is 0.873. The molecular formula is C7H7BrF2N2O. The first kappa shape index (κ1) is 10.2. The average Bonchev–Trinajstić information content (AvgIpc) is 2.01. The van der Waals surface area contributed by atoms with Crippen molar-refractivity contribution in [1.82, 2.24) is 4.98 Å². The third kappa shape index (κ3) is 2.06. The Balaban J connectivity index is 3.30. The molecule has 6 heteroatoms. The van der Waals surface area contributed by atoms with Crippen LogP contribution in [0.5, 0.6) is 5.88 Å². The summed E-state index contributed by atoms with van der Waals surface area (Å²) in [4.78, 5) is 3.62. The largest absolute Gasteiger partial charge is 0.481 e. The minimum Gasteiger partial charge on any atom is -0.481 e. The van der Waals surface area contributed by atoms with E-state index in [0.29, 0.717) is 0 Å². The molecule has 0 atom stereocenters. The van der Waals surface area contributed by atoms with E-state index in [2.05, 4.69) is 25.7 Å². The number of hydrogen-bond acceptors (Lipinski definition) is 3. The zero-order valence-electron chi connectivity index (χ0n) is 6.72. The van der Waals surface area contributed by atoms with Crippen molar-refractivity contribution in [3.05, 3.63) is 16.1 Å². The van der Waals surface area contributed by atoms with Crippen LogP contribution in [0.3, 0.4) is 0 Å². The molecule has 0 amide bonds. The summed E-state index contributed by atoms with van der Waals surface area (Å²) in [5.74, 6) is -0.0185. The van der Waals surface area contributed by atoms with Gasteiger partial charge in [-0.1, -0.05) is 0 Å². The molecule has 0 radical (unpaired) electrons. The van der Waals surface area contributed by atoms with E-state index in [1.165, 1.54) is 13.2 Å².